The number of carbonyl (C=O) groups is 2. The van der Waals surface area contributed by atoms with E-state index in [2.05, 4.69) is 5.43 Å². The maximum Gasteiger partial charge on any atom is 0.238 e. The molecule has 0 aromatic rings. The number of Topliss-reactive ketones (excluding diaryl/α,β-unsaturated/α-hetero) is 1. The van der Waals surface area contributed by atoms with Crippen LogP contribution in [0.3, 0.4) is 0 Å². The number of carbonyl (C=O) groups excluding carboxylic acids is 2. The number of ketones is 1. The molecule has 4 nitrogen and oxygen atoms in total. The SMILES string of the molecule is CC(=O)CN1NC(C)CC1=O. The Hall–Kier alpha value is -0.900. The molecule has 1 aliphatic rings. The third-order valence-electron chi connectivity index (χ3n) is 1.54. The fourth-order valence-corrected chi connectivity index (χ4v) is 1.11. The van der Waals surface area contributed by atoms with Gasteiger partial charge in [-0.25, -0.2) is 5.43 Å². The summed E-state index contributed by atoms with van der Waals surface area (Å²) in [6.45, 7) is 3.57. The van der Waals surface area contributed by atoms with Crippen LogP contribution in [0.2, 0.25) is 0 Å². The molecule has 1 fully saturated rings. The Balaban J connectivity index is 2.47. The molecular weight excluding hydrogens is 144 g/mol. The second-order valence-electron chi connectivity index (χ2n) is 2.92. The highest BCUT2D eigenvalue weighted by atomic mass is 16.2. The van der Waals surface area contributed by atoms with Gasteiger partial charge in [-0.05, 0) is 13.8 Å². The molecule has 0 radical (unpaired) electrons. The smallest absolute Gasteiger partial charge is 0.238 e. The fraction of sp³-hybridized carbons (Fsp3) is 0.714. The molecule has 0 saturated carbocycles. The number of amides is 1. The number of hydrazine groups is 1. The standard InChI is InChI=1S/C7H12N2O2/c1-5-3-7(11)9(8-5)4-6(2)10/h5,8H,3-4H2,1-2H3. The lowest BCUT2D eigenvalue weighted by molar-refractivity contribution is -0.133. The van der Waals surface area contributed by atoms with Crippen LogP contribution in [0.25, 0.3) is 0 Å². The molecule has 1 atom stereocenters. The van der Waals surface area contributed by atoms with Crippen molar-refractivity contribution >= 4 is 11.7 Å². The predicted octanol–water partition coefficient (Wildman–Crippen LogP) is -0.299. The first kappa shape index (κ1) is 8.20. The summed E-state index contributed by atoms with van der Waals surface area (Å²) >= 11 is 0. The van der Waals surface area contributed by atoms with Gasteiger partial charge in [0.1, 0.15) is 0 Å². The number of hydrogen-bond acceptors (Lipinski definition) is 3. The van der Waals surface area contributed by atoms with Crippen molar-refractivity contribution < 1.29 is 9.59 Å². The van der Waals surface area contributed by atoms with Crippen LogP contribution in [0, 0.1) is 0 Å². The monoisotopic (exact) mass is 156 g/mol. The van der Waals surface area contributed by atoms with Crippen LogP contribution in [-0.4, -0.2) is 29.3 Å². The van der Waals surface area contributed by atoms with Crippen molar-refractivity contribution in [3.8, 4) is 0 Å². The number of nitrogens with one attached hydrogen (secondary N) is 1. The van der Waals surface area contributed by atoms with Gasteiger partial charge >= 0.3 is 0 Å². The average molecular weight is 156 g/mol. The lowest BCUT2D eigenvalue weighted by Crippen LogP contribution is -2.39. The van der Waals surface area contributed by atoms with Crippen molar-refractivity contribution in [3.05, 3.63) is 0 Å². The summed E-state index contributed by atoms with van der Waals surface area (Å²) in [5.74, 6) is 0.00708. The van der Waals surface area contributed by atoms with E-state index in [9.17, 15) is 9.59 Å². The molecule has 0 aromatic heterocycles. The van der Waals surface area contributed by atoms with E-state index in [-0.39, 0.29) is 24.3 Å². The number of rotatable bonds is 2. The normalized spacial score (nSPS) is 24.4. The Labute approximate surface area is 65.5 Å². The molecule has 1 amide bonds. The van der Waals surface area contributed by atoms with E-state index in [1.165, 1.54) is 11.9 Å². The summed E-state index contributed by atoms with van der Waals surface area (Å²) in [5.41, 5.74) is 2.90. The summed E-state index contributed by atoms with van der Waals surface area (Å²) in [6.07, 6.45) is 0.493. The third-order valence-corrected chi connectivity index (χ3v) is 1.54. The molecule has 4 heteroatoms. The van der Waals surface area contributed by atoms with Crippen molar-refractivity contribution in [3.63, 3.8) is 0 Å². The van der Waals surface area contributed by atoms with Crippen LogP contribution in [-0.2, 0) is 9.59 Å². The van der Waals surface area contributed by atoms with Crippen molar-refractivity contribution in [1.82, 2.24) is 10.4 Å². The summed E-state index contributed by atoms with van der Waals surface area (Å²) in [5, 5.41) is 1.38. The molecule has 1 rings (SSSR count). The van der Waals surface area contributed by atoms with Crippen molar-refractivity contribution in [2.24, 2.45) is 0 Å². The highest BCUT2D eigenvalue weighted by Gasteiger charge is 2.26. The Bertz CT molecular complexity index is 191. The lowest BCUT2D eigenvalue weighted by atomic mass is 10.3. The van der Waals surface area contributed by atoms with E-state index in [1.807, 2.05) is 6.92 Å². The zero-order valence-corrected chi connectivity index (χ0v) is 6.76. The summed E-state index contributed by atoms with van der Waals surface area (Å²) in [6, 6.07) is 0.168. The molecular formula is C7H12N2O2. The van der Waals surface area contributed by atoms with Crippen LogP contribution in [0.4, 0.5) is 0 Å². The summed E-state index contributed by atoms with van der Waals surface area (Å²) in [7, 11) is 0. The van der Waals surface area contributed by atoms with Gasteiger partial charge in [0.2, 0.25) is 5.91 Å². The lowest BCUT2D eigenvalue weighted by Gasteiger charge is -2.14. The minimum Gasteiger partial charge on any atom is -0.298 e. The molecule has 0 spiro atoms. The van der Waals surface area contributed by atoms with Gasteiger partial charge in [0.05, 0.1) is 6.54 Å². The Morgan fingerprint density at radius 3 is 2.82 bits per heavy atom. The second kappa shape index (κ2) is 3.00. The van der Waals surface area contributed by atoms with Crippen molar-refractivity contribution in [2.45, 2.75) is 26.3 Å². The van der Waals surface area contributed by atoms with Gasteiger partial charge in [-0.15, -0.1) is 0 Å². The van der Waals surface area contributed by atoms with E-state index in [1.54, 1.807) is 0 Å². The quantitative estimate of drug-likeness (QED) is 0.597. The first-order valence-electron chi connectivity index (χ1n) is 3.65. The van der Waals surface area contributed by atoms with E-state index in [0.29, 0.717) is 6.42 Å². The Morgan fingerprint density at radius 1 is 1.82 bits per heavy atom. The largest absolute Gasteiger partial charge is 0.298 e. The molecule has 11 heavy (non-hydrogen) atoms. The molecule has 0 aromatic carbocycles. The number of hydrogen-bond donors (Lipinski definition) is 1. The molecule has 0 bridgehead atoms. The van der Waals surface area contributed by atoms with E-state index in [0.717, 1.165) is 0 Å². The molecule has 1 aliphatic heterocycles. The molecule has 1 heterocycles. The fourth-order valence-electron chi connectivity index (χ4n) is 1.11. The van der Waals surface area contributed by atoms with E-state index >= 15 is 0 Å². The van der Waals surface area contributed by atoms with Gasteiger partial charge in [-0.1, -0.05) is 0 Å². The zero-order valence-electron chi connectivity index (χ0n) is 6.76. The summed E-state index contributed by atoms with van der Waals surface area (Å²) < 4.78 is 0. The highest BCUT2D eigenvalue weighted by Crippen LogP contribution is 2.05. The van der Waals surface area contributed by atoms with Crippen LogP contribution < -0.4 is 5.43 Å². The number of nitrogens with zero attached hydrogens (tertiary/aromatic N) is 1. The van der Waals surface area contributed by atoms with Crippen molar-refractivity contribution in [1.29, 1.82) is 0 Å². The first-order valence-corrected chi connectivity index (χ1v) is 3.65. The van der Waals surface area contributed by atoms with Gasteiger partial charge < -0.3 is 0 Å². The van der Waals surface area contributed by atoms with Gasteiger partial charge in [0, 0.05) is 12.5 Å². The maximum absolute atomic E-state index is 11.0. The van der Waals surface area contributed by atoms with Gasteiger partial charge in [-0.2, -0.15) is 0 Å². The van der Waals surface area contributed by atoms with Crippen LogP contribution in [0.15, 0.2) is 0 Å². The first-order chi connectivity index (χ1) is 5.09. The van der Waals surface area contributed by atoms with E-state index in [4.69, 9.17) is 0 Å². The van der Waals surface area contributed by atoms with Crippen LogP contribution >= 0.6 is 0 Å². The Kier molecular flexibility index (Phi) is 2.24. The Morgan fingerprint density at radius 2 is 2.45 bits per heavy atom. The van der Waals surface area contributed by atoms with Gasteiger partial charge in [0.15, 0.2) is 5.78 Å². The molecule has 1 unspecified atom stereocenters. The van der Waals surface area contributed by atoms with Crippen LogP contribution in [0.1, 0.15) is 20.3 Å². The molecule has 0 aliphatic carbocycles. The third kappa shape index (κ3) is 2.01. The second-order valence-corrected chi connectivity index (χ2v) is 2.92. The van der Waals surface area contributed by atoms with Crippen LogP contribution in [0.5, 0.6) is 0 Å². The topological polar surface area (TPSA) is 49.4 Å². The minimum atomic E-state index is -0.0000463. The zero-order chi connectivity index (χ0) is 8.43. The van der Waals surface area contributed by atoms with Gasteiger partial charge in [0.25, 0.3) is 0 Å². The predicted molar refractivity (Wildman–Crippen MR) is 39.6 cm³/mol. The average Bonchev–Trinajstić information content (AvgIpc) is 2.09. The molecule has 62 valence electrons. The van der Waals surface area contributed by atoms with Gasteiger partial charge in [-0.3, -0.25) is 14.6 Å². The van der Waals surface area contributed by atoms with E-state index < -0.39 is 0 Å². The van der Waals surface area contributed by atoms with Crippen molar-refractivity contribution in [2.75, 3.05) is 6.54 Å². The maximum atomic E-state index is 11.0. The molecule has 1 N–H and O–H groups in total. The highest BCUT2D eigenvalue weighted by molar-refractivity contribution is 5.85. The molecule has 1 saturated heterocycles. The summed E-state index contributed by atoms with van der Waals surface area (Å²) in [4.78, 5) is 21.6. The minimum absolute atomic E-state index is 0.0000463.